The fourth-order valence-electron chi connectivity index (χ4n) is 4.13. The number of carbonyl (C=O) groups is 1. The molecule has 1 aliphatic rings. The van der Waals surface area contributed by atoms with Crippen molar-refractivity contribution in [1.82, 2.24) is 20.1 Å². The van der Waals surface area contributed by atoms with E-state index in [1.807, 2.05) is 61.5 Å². The number of aromatic nitrogens is 3. The molecule has 1 aliphatic heterocycles. The molecular weight excluding hydrogens is 440 g/mol. The average molecular weight is 465 g/mol. The summed E-state index contributed by atoms with van der Waals surface area (Å²) >= 11 is 0. The molecule has 2 aromatic carbocycles. The van der Waals surface area contributed by atoms with Gasteiger partial charge in [0.1, 0.15) is 28.5 Å². The van der Waals surface area contributed by atoms with Gasteiger partial charge in [-0.1, -0.05) is 48.0 Å². The van der Waals surface area contributed by atoms with Crippen LogP contribution in [0, 0.1) is 18.3 Å². The second-order valence-electron chi connectivity index (χ2n) is 8.48. The van der Waals surface area contributed by atoms with Crippen LogP contribution in [0.5, 0.6) is 11.5 Å². The molecule has 0 bridgehead atoms. The van der Waals surface area contributed by atoms with E-state index in [1.165, 1.54) is 0 Å². The van der Waals surface area contributed by atoms with E-state index >= 15 is 0 Å². The van der Waals surface area contributed by atoms with Crippen molar-refractivity contribution in [2.45, 2.75) is 19.4 Å². The molecule has 8 nitrogen and oxygen atoms in total. The number of nitrogens with zero attached hydrogens (tertiary/aromatic N) is 4. The summed E-state index contributed by atoms with van der Waals surface area (Å²) in [5.41, 5.74) is 2.71. The van der Waals surface area contributed by atoms with Gasteiger partial charge < -0.3 is 15.0 Å². The van der Waals surface area contributed by atoms with Crippen molar-refractivity contribution >= 4 is 28.8 Å². The number of benzene rings is 2. The van der Waals surface area contributed by atoms with E-state index in [0.717, 1.165) is 28.7 Å². The minimum Gasteiger partial charge on any atom is -0.456 e. The highest BCUT2D eigenvalue weighted by atomic mass is 16.5. The van der Waals surface area contributed by atoms with Gasteiger partial charge >= 0.3 is 0 Å². The number of aryl methyl sites for hydroxylation is 1. The maximum atomic E-state index is 13.0. The molecule has 8 heteroatoms. The van der Waals surface area contributed by atoms with Crippen molar-refractivity contribution in [3.05, 3.63) is 83.6 Å². The Balaban J connectivity index is 1.31. The Labute approximate surface area is 202 Å². The third kappa shape index (κ3) is 4.84. The minimum atomic E-state index is -0.266. The van der Waals surface area contributed by atoms with E-state index in [1.54, 1.807) is 23.2 Å². The second kappa shape index (κ2) is 9.69. The monoisotopic (exact) mass is 464 g/mol. The number of amides is 1. The first-order valence-corrected chi connectivity index (χ1v) is 11.4. The third-order valence-electron chi connectivity index (χ3n) is 5.95. The number of hydrogen-bond donors (Lipinski definition) is 2. The molecule has 2 N–H and O–H groups in total. The van der Waals surface area contributed by atoms with E-state index < -0.39 is 0 Å². The van der Waals surface area contributed by atoms with Crippen LogP contribution >= 0.6 is 0 Å². The van der Waals surface area contributed by atoms with Crippen LogP contribution in [0.4, 0.5) is 5.82 Å². The van der Waals surface area contributed by atoms with Crippen molar-refractivity contribution in [3.8, 4) is 17.6 Å². The molecule has 3 heterocycles. The molecular formula is C27H24N6O2. The molecule has 0 saturated carbocycles. The van der Waals surface area contributed by atoms with Crippen LogP contribution in [0.25, 0.3) is 17.1 Å². The van der Waals surface area contributed by atoms with Crippen LogP contribution in [-0.4, -0.2) is 45.1 Å². The molecule has 4 aromatic rings. The van der Waals surface area contributed by atoms with E-state index in [2.05, 4.69) is 26.6 Å². The van der Waals surface area contributed by atoms with E-state index in [4.69, 9.17) is 4.74 Å². The summed E-state index contributed by atoms with van der Waals surface area (Å²) in [5, 5.41) is 21.1. The Morgan fingerprint density at radius 2 is 2.00 bits per heavy atom. The lowest BCUT2D eigenvalue weighted by Gasteiger charge is -2.17. The molecule has 1 fully saturated rings. The van der Waals surface area contributed by atoms with Gasteiger partial charge in [0, 0.05) is 31.4 Å². The number of nitrogens with one attached hydrogen (secondary N) is 2. The Hall–Kier alpha value is -4.64. The van der Waals surface area contributed by atoms with Crippen molar-refractivity contribution in [2.24, 2.45) is 0 Å². The molecule has 0 radical (unpaired) electrons. The molecule has 174 valence electrons. The predicted octanol–water partition coefficient (Wildman–Crippen LogP) is 4.68. The maximum absolute atomic E-state index is 13.0. The van der Waals surface area contributed by atoms with Gasteiger partial charge in [0.25, 0.3) is 5.91 Å². The highest BCUT2D eigenvalue weighted by Crippen LogP contribution is 2.33. The van der Waals surface area contributed by atoms with Crippen molar-refractivity contribution < 1.29 is 9.53 Å². The van der Waals surface area contributed by atoms with Gasteiger partial charge in [0.2, 0.25) is 0 Å². The van der Waals surface area contributed by atoms with E-state index in [9.17, 15) is 10.1 Å². The van der Waals surface area contributed by atoms with E-state index in [0.29, 0.717) is 30.3 Å². The van der Waals surface area contributed by atoms with E-state index in [-0.39, 0.29) is 17.5 Å². The van der Waals surface area contributed by atoms with Gasteiger partial charge in [-0.15, -0.1) is 0 Å². The Morgan fingerprint density at radius 1 is 1.20 bits per heavy atom. The van der Waals surface area contributed by atoms with Gasteiger partial charge in [-0.2, -0.15) is 10.4 Å². The number of carbonyl (C=O) groups excluding carboxylic acids is 1. The predicted molar refractivity (Wildman–Crippen MR) is 134 cm³/mol. The summed E-state index contributed by atoms with van der Waals surface area (Å²) in [7, 11) is 0. The van der Waals surface area contributed by atoms with Crippen molar-refractivity contribution in [2.75, 3.05) is 18.4 Å². The minimum absolute atomic E-state index is 0.0189. The average Bonchev–Trinajstić information content (AvgIpc) is 3.52. The van der Waals surface area contributed by atoms with Crippen LogP contribution in [0.3, 0.4) is 0 Å². The lowest BCUT2D eigenvalue weighted by atomic mass is 10.1. The van der Waals surface area contributed by atoms with Crippen LogP contribution in [-0.2, 0) is 4.79 Å². The fraction of sp³-hybridized carbons (Fsp3) is 0.185. The number of H-pyrrole nitrogens is 1. The Morgan fingerprint density at radius 3 is 2.77 bits per heavy atom. The number of aromatic amines is 1. The number of anilines is 1. The third-order valence-corrected chi connectivity index (χ3v) is 5.95. The zero-order chi connectivity index (χ0) is 24.2. The summed E-state index contributed by atoms with van der Waals surface area (Å²) in [6, 6.07) is 21.1. The van der Waals surface area contributed by atoms with Gasteiger partial charge in [-0.05, 0) is 37.1 Å². The van der Waals surface area contributed by atoms with Gasteiger partial charge in [0.15, 0.2) is 11.5 Å². The summed E-state index contributed by atoms with van der Waals surface area (Å²) in [5.74, 6) is 1.72. The first-order chi connectivity index (χ1) is 17.1. The van der Waals surface area contributed by atoms with Crippen LogP contribution in [0.1, 0.15) is 17.5 Å². The molecule has 0 unspecified atom stereocenters. The van der Waals surface area contributed by atoms with Crippen LogP contribution < -0.4 is 10.1 Å². The zero-order valence-electron chi connectivity index (χ0n) is 19.2. The zero-order valence-corrected chi connectivity index (χ0v) is 19.2. The quantitative estimate of drug-likeness (QED) is 0.317. The number of pyridine rings is 1. The van der Waals surface area contributed by atoms with Crippen molar-refractivity contribution in [3.63, 3.8) is 0 Å². The topological polar surface area (TPSA) is 107 Å². The number of hydrogen-bond acceptors (Lipinski definition) is 6. The molecule has 0 spiro atoms. The first kappa shape index (κ1) is 22.2. The summed E-state index contributed by atoms with van der Waals surface area (Å²) < 4.78 is 6.12. The first-order valence-electron chi connectivity index (χ1n) is 11.4. The lowest BCUT2D eigenvalue weighted by molar-refractivity contribution is -0.125. The molecule has 1 amide bonds. The SMILES string of the molecule is Cc1ccc(Oc2ccnc3[nH]nc(N[C@@H]4CCN(C(=O)/C(C#N)=C/c5ccccc5)C4)c23)cc1. The van der Waals surface area contributed by atoms with Gasteiger partial charge in [-0.25, -0.2) is 4.98 Å². The summed E-state index contributed by atoms with van der Waals surface area (Å²) in [6.45, 7) is 3.05. The lowest BCUT2D eigenvalue weighted by Crippen LogP contribution is -2.32. The Bertz CT molecular complexity index is 1420. The standard InChI is InChI=1S/C27H24N6O2/c1-18-7-9-22(10-8-18)35-23-11-13-29-25-24(23)26(32-31-25)30-21-12-14-33(17-21)27(34)20(16-28)15-19-5-3-2-4-6-19/h2-11,13,15,21H,12,14,17H2,1H3,(H2,29,30,31,32)/b20-15+/t21-/m1/s1. The highest BCUT2D eigenvalue weighted by Gasteiger charge is 2.29. The van der Waals surface area contributed by atoms with Gasteiger partial charge in [-0.3, -0.25) is 9.89 Å². The largest absolute Gasteiger partial charge is 0.456 e. The maximum Gasteiger partial charge on any atom is 0.264 e. The van der Waals surface area contributed by atoms with Crippen LogP contribution in [0.2, 0.25) is 0 Å². The van der Waals surface area contributed by atoms with Gasteiger partial charge in [0.05, 0.1) is 0 Å². The molecule has 5 rings (SSSR count). The normalized spacial score (nSPS) is 15.7. The second-order valence-corrected chi connectivity index (χ2v) is 8.48. The summed E-state index contributed by atoms with van der Waals surface area (Å²) in [6.07, 6.45) is 4.04. The number of ether oxygens (including phenoxy) is 1. The molecule has 35 heavy (non-hydrogen) atoms. The number of rotatable bonds is 6. The smallest absolute Gasteiger partial charge is 0.264 e. The number of likely N-dealkylation sites (tertiary alicyclic amines) is 1. The fourth-order valence-corrected chi connectivity index (χ4v) is 4.13. The number of nitriles is 1. The van der Waals surface area contributed by atoms with Crippen molar-refractivity contribution in [1.29, 1.82) is 5.26 Å². The molecule has 1 atom stereocenters. The number of fused-ring (bicyclic) bond motifs is 1. The van der Waals surface area contributed by atoms with Crippen LogP contribution in [0.15, 0.2) is 72.4 Å². The highest BCUT2D eigenvalue weighted by molar-refractivity contribution is 6.02. The molecule has 0 aliphatic carbocycles. The summed E-state index contributed by atoms with van der Waals surface area (Å²) in [4.78, 5) is 19.0. The molecule has 1 saturated heterocycles. The Kier molecular flexibility index (Phi) is 6.14. The molecule has 2 aromatic heterocycles.